The Hall–Kier alpha value is -2.50. The molecule has 0 saturated carbocycles. The van der Waals surface area contributed by atoms with Crippen molar-refractivity contribution in [3.05, 3.63) is 69.8 Å². The largest absolute Gasteiger partial charge is 0.486 e. The lowest BCUT2D eigenvalue weighted by Gasteiger charge is -2.19. The number of para-hydroxylation sites is 1. The van der Waals surface area contributed by atoms with E-state index in [1.807, 2.05) is 35.0 Å². The van der Waals surface area contributed by atoms with Crippen molar-refractivity contribution in [2.75, 3.05) is 18.0 Å². The maximum absolute atomic E-state index is 12.0. The van der Waals surface area contributed by atoms with Crippen LogP contribution in [0.5, 0.6) is 5.75 Å². The van der Waals surface area contributed by atoms with Crippen LogP contribution < -0.4 is 9.64 Å². The maximum atomic E-state index is 12.0. The molecule has 1 fully saturated rings. The van der Waals surface area contributed by atoms with E-state index >= 15 is 0 Å². The zero-order chi connectivity index (χ0) is 19.5. The summed E-state index contributed by atoms with van der Waals surface area (Å²) in [5, 5.41) is 5.66. The van der Waals surface area contributed by atoms with Crippen LogP contribution in [0.2, 0.25) is 10.0 Å². The number of rotatable bonds is 6. The smallest absolute Gasteiger partial charge is 0.155 e. The summed E-state index contributed by atoms with van der Waals surface area (Å²) in [4.78, 5) is 14.2. The fourth-order valence-corrected chi connectivity index (χ4v) is 3.88. The molecule has 1 aromatic heterocycles. The first-order valence-corrected chi connectivity index (χ1v) is 9.88. The van der Waals surface area contributed by atoms with Gasteiger partial charge in [0.05, 0.1) is 16.3 Å². The van der Waals surface area contributed by atoms with Gasteiger partial charge in [-0.25, -0.2) is 4.68 Å². The van der Waals surface area contributed by atoms with Gasteiger partial charge in [0.25, 0.3) is 0 Å². The average molecular weight is 416 g/mol. The summed E-state index contributed by atoms with van der Waals surface area (Å²) in [6.45, 7) is 1.95. The number of carbonyl (C=O) groups is 1. The second-order valence-corrected chi connectivity index (χ2v) is 7.45. The average Bonchev–Trinajstić information content (AvgIpc) is 3.35. The summed E-state index contributed by atoms with van der Waals surface area (Å²) < 4.78 is 7.67. The SMILES string of the molecule is O=Cc1c(COc2ccc(Cl)cc2Cl)nn(-c2ccccc2)c1N1CCCC1. The van der Waals surface area contributed by atoms with Crippen LogP contribution in [-0.4, -0.2) is 29.2 Å². The van der Waals surface area contributed by atoms with Gasteiger partial charge < -0.3 is 9.64 Å². The Balaban J connectivity index is 1.71. The third kappa shape index (κ3) is 3.73. The molecule has 5 nitrogen and oxygen atoms in total. The monoisotopic (exact) mass is 415 g/mol. The first-order chi connectivity index (χ1) is 13.7. The first-order valence-electron chi connectivity index (χ1n) is 9.12. The van der Waals surface area contributed by atoms with Crippen molar-refractivity contribution in [3.8, 4) is 11.4 Å². The molecule has 28 heavy (non-hydrogen) atoms. The van der Waals surface area contributed by atoms with Crippen molar-refractivity contribution in [2.24, 2.45) is 0 Å². The Bertz CT molecular complexity index is 983. The Morgan fingerprint density at radius 2 is 1.82 bits per heavy atom. The molecule has 0 bridgehead atoms. The number of halogens is 2. The molecule has 7 heteroatoms. The fourth-order valence-electron chi connectivity index (χ4n) is 3.41. The van der Waals surface area contributed by atoms with Crippen molar-refractivity contribution < 1.29 is 9.53 Å². The molecular formula is C21H19Cl2N3O2. The van der Waals surface area contributed by atoms with Gasteiger partial charge in [0, 0.05) is 18.1 Å². The molecule has 4 rings (SSSR count). The molecule has 0 atom stereocenters. The van der Waals surface area contributed by atoms with Crippen molar-refractivity contribution in [2.45, 2.75) is 19.4 Å². The normalized spacial score (nSPS) is 13.7. The molecule has 2 heterocycles. The summed E-state index contributed by atoms with van der Waals surface area (Å²) in [5.74, 6) is 1.32. The summed E-state index contributed by atoms with van der Waals surface area (Å²) in [5.41, 5.74) is 2.03. The molecule has 0 amide bonds. The highest BCUT2D eigenvalue weighted by atomic mass is 35.5. The Morgan fingerprint density at radius 1 is 1.07 bits per heavy atom. The molecule has 1 aliphatic rings. The molecule has 0 radical (unpaired) electrons. The Labute approximate surface area is 173 Å². The molecule has 0 N–H and O–H groups in total. The number of hydrogen-bond acceptors (Lipinski definition) is 4. The molecule has 0 aliphatic carbocycles. The molecular weight excluding hydrogens is 397 g/mol. The molecule has 2 aromatic carbocycles. The van der Waals surface area contributed by atoms with E-state index in [1.165, 1.54) is 0 Å². The van der Waals surface area contributed by atoms with Crippen LogP contribution in [0.1, 0.15) is 28.9 Å². The van der Waals surface area contributed by atoms with E-state index in [9.17, 15) is 4.79 Å². The standard InChI is InChI=1S/C21H19Cl2N3O2/c22-15-8-9-20(18(23)12-15)28-14-19-17(13-27)21(25-10-4-5-11-25)26(24-19)16-6-2-1-3-7-16/h1-3,6-9,12-13H,4-5,10-11,14H2. The summed E-state index contributed by atoms with van der Waals surface area (Å²) in [6.07, 6.45) is 3.07. The van der Waals surface area contributed by atoms with E-state index < -0.39 is 0 Å². The third-order valence-corrected chi connectivity index (χ3v) is 5.29. The van der Waals surface area contributed by atoms with Crippen LogP contribution in [0.3, 0.4) is 0 Å². The summed E-state index contributed by atoms with van der Waals surface area (Å²) in [6, 6.07) is 14.9. The highest BCUT2D eigenvalue weighted by Gasteiger charge is 2.25. The molecule has 1 saturated heterocycles. The third-order valence-electron chi connectivity index (χ3n) is 4.76. The summed E-state index contributed by atoms with van der Waals surface area (Å²) in [7, 11) is 0. The highest BCUT2D eigenvalue weighted by Crippen LogP contribution is 2.32. The van der Waals surface area contributed by atoms with Crippen LogP contribution in [0, 0.1) is 0 Å². The van der Waals surface area contributed by atoms with Gasteiger partial charge in [-0.05, 0) is 43.2 Å². The number of ether oxygens (including phenoxy) is 1. The van der Waals surface area contributed by atoms with Gasteiger partial charge in [0.15, 0.2) is 6.29 Å². The lowest BCUT2D eigenvalue weighted by Crippen LogP contribution is -2.22. The van der Waals surface area contributed by atoms with Crippen LogP contribution in [0.15, 0.2) is 48.5 Å². The molecule has 144 valence electrons. The van der Waals surface area contributed by atoms with E-state index in [0.717, 1.165) is 43.7 Å². The number of aldehydes is 1. The number of hydrogen-bond donors (Lipinski definition) is 0. The lowest BCUT2D eigenvalue weighted by molar-refractivity contribution is 0.112. The second-order valence-electron chi connectivity index (χ2n) is 6.61. The number of benzene rings is 2. The number of aromatic nitrogens is 2. The van der Waals surface area contributed by atoms with Gasteiger partial charge in [0.1, 0.15) is 23.9 Å². The first kappa shape index (κ1) is 18.8. The number of nitrogens with zero attached hydrogens (tertiary/aromatic N) is 3. The van der Waals surface area contributed by atoms with Gasteiger partial charge in [-0.1, -0.05) is 41.4 Å². The van der Waals surface area contributed by atoms with Gasteiger partial charge >= 0.3 is 0 Å². The van der Waals surface area contributed by atoms with Crippen LogP contribution in [-0.2, 0) is 6.61 Å². The Morgan fingerprint density at radius 3 is 2.50 bits per heavy atom. The van der Waals surface area contributed by atoms with Crippen molar-refractivity contribution >= 4 is 35.3 Å². The van der Waals surface area contributed by atoms with E-state index in [1.54, 1.807) is 18.2 Å². The Kier molecular flexibility index (Phi) is 5.55. The van der Waals surface area contributed by atoms with Gasteiger partial charge in [-0.3, -0.25) is 4.79 Å². The van der Waals surface area contributed by atoms with E-state index in [-0.39, 0.29) is 6.61 Å². The zero-order valence-electron chi connectivity index (χ0n) is 15.1. The van der Waals surface area contributed by atoms with Crippen molar-refractivity contribution in [1.29, 1.82) is 0 Å². The van der Waals surface area contributed by atoms with E-state index in [0.29, 0.717) is 27.1 Å². The van der Waals surface area contributed by atoms with Gasteiger partial charge in [-0.15, -0.1) is 0 Å². The molecule has 0 spiro atoms. The predicted octanol–water partition coefficient (Wildman–Crippen LogP) is 5.17. The summed E-state index contributed by atoms with van der Waals surface area (Å²) >= 11 is 12.1. The van der Waals surface area contributed by atoms with Crippen LogP contribution in [0.25, 0.3) is 5.69 Å². The lowest BCUT2D eigenvalue weighted by atomic mass is 10.2. The van der Waals surface area contributed by atoms with Gasteiger partial charge in [0.2, 0.25) is 0 Å². The number of carbonyl (C=O) groups excluding carboxylic acids is 1. The predicted molar refractivity (Wildman–Crippen MR) is 111 cm³/mol. The van der Waals surface area contributed by atoms with E-state index in [4.69, 9.17) is 33.0 Å². The van der Waals surface area contributed by atoms with Gasteiger partial charge in [-0.2, -0.15) is 5.10 Å². The molecule has 0 unspecified atom stereocenters. The minimum Gasteiger partial charge on any atom is -0.486 e. The quantitative estimate of drug-likeness (QED) is 0.520. The van der Waals surface area contributed by atoms with Crippen LogP contribution >= 0.6 is 23.2 Å². The second kappa shape index (κ2) is 8.25. The number of anilines is 1. The minimum absolute atomic E-state index is 0.135. The van der Waals surface area contributed by atoms with Crippen LogP contribution in [0.4, 0.5) is 5.82 Å². The van der Waals surface area contributed by atoms with Crippen molar-refractivity contribution in [1.82, 2.24) is 9.78 Å². The molecule has 3 aromatic rings. The van der Waals surface area contributed by atoms with Crippen molar-refractivity contribution in [3.63, 3.8) is 0 Å². The molecule has 1 aliphatic heterocycles. The highest BCUT2D eigenvalue weighted by molar-refractivity contribution is 6.35. The van der Waals surface area contributed by atoms with E-state index in [2.05, 4.69) is 4.90 Å². The zero-order valence-corrected chi connectivity index (χ0v) is 16.7. The minimum atomic E-state index is 0.135. The fraction of sp³-hybridized carbons (Fsp3) is 0.238. The topological polar surface area (TPSA) is 47.4 Å². The maximum Gasteiger partial charge on any atom is 0.155 e.